The number of aliphatic hydroxyl groups is 1. The van der Waals surface area contributed by atoms with Gasteiger partial charge in [-0.2, -0.15) is 5.26 Å². The topological polar surface area (TPSA) is 99.9 Å². The molecule has 2 aromatic rings. The molecule has 0 aromatic heterocycles. The third kappa shape index (κ3) is 3.55. The first-order valence-electron chi connectivity index (χ1n) is 13.2. The van der Waals surface area contributed by atoms with Crippen LogP contribution in [0.25, 0.3) is 10.8 Å². The smallest absolute Gasteiger partial charge is 0.240 e. The molecule has 0 unspecified atom stereocenters. The highest BCUT2D eigenvalue weighted by molar-refractivity contribution is 6.74. The molecule has 2 bridgehead atoms. The Hall–Kier alpha value is -2.57. The van der Waals surface area contributed by atoms with Crippen molar-refractivity contribution in [3.63, 3.8) is 0 Å². The molecule has 3 aliphatic rings. The predicted octanol–water partition coefficient (Wildman–Crippen LogP) is 4.91. The highest BCUT2D eigenvalue weighted by Gasteiger charge is 2.78. The Morgan fingerprint density at radius 3 is 2.41 bits per heavy atom. The number of nitriles is 1. The first kappa shape index (κ1) is 26.1. The Kier molecular flexibility index (Phi) is 5.96. The maximum atomic E-state index is 14.1. The molecular weight excluding hydrogens is 484 g/mol. The number of aliphatic hydroxyl groups excluding tert-OH is 1. The summed E-state index contributed by atoms with van der Waals surface area (Å²) in [6.45, 7) is 13.2. The Morgan fingerprint density at radius 1 is 1.14 bits per heavy atom. The monoisotopic (exact) mass is 520 g/mol. The molecule has 0 saturated carbocycles. The highest BCUT2D eigenvalue weighted by atomic mass is 28.4. The summed E-state index contributed by atoms with van der Waals surface area (Å²) in [6, 6.07) is 12.9. The molecular formula is C29H36N2O5Si. The van der Waals surface area contributed by atoms with Crippen molar-refractivity contribution < 1.29 is 23.9 Å². The largest absolute Gasteiger partial charge is 0.417 e. The zero-order valence-corrected chi connectivity index (χ0v) is 23.5. The second kappa shape index (κ2) is 8.47. The maximum absolute atomic E-state index is 14.1. The number of nitrogens with zero attached hydrogens (tertiary/aromatic N) is 2. The number of carbonyl (C=O) groups excluding carboxylic acids is 2. The number of imide groups is 1. The molecule has 7 nitrogen and oxygen atoms in total. The zero-order valence-electron chi connectivity index (χ0n) is 22.5. The number of amides is 2. The van der Waals surface area contributed by atoms with Crippen LogP contribution in [0.3, 0.4) is 0 Å². The van der Waals surface area contributed by atoms with Crippen LogP contribution >= 0.6 is 0 Å². The number of benzene rings is 2. The summed E-state index contributed by atoms with van der Waals surface area (Å²) in [5.41, 5.74) is -1.08. The van der Waals surface area contributed by atoms with E-state index in [0.29, 0.717) is 47.9 Å². The second-order valence-electron chi connectivity index (χ2n) is 12.3. The average Bonchev–Trinajstić information content (AvgIpc) is 3.41. The fraction of sp³-hybridized carbons (Fsp3) is 0.552. The molecule has 1 N–H and O–H groups in total. The van der Waals surface area contributed by atoms with Gasteiger partial charge in [0.15, 0.2) is 8.32 Å². The van der Waals surface area contributed by atoms with E-state index >= 15 is 0 Å². The SMILES string of the molecule is CC[C@]12C[C@H](O)[C@](CCO[Si](C)(C)C(C)(C)C)(O1)[C@@H]1C(=O)N(c3ccc(C#N)c4ccccc34)C(=O)[C@@H]12. The number of hydrogen-bond donors (Lipinski definition) is 1. The van der Waals surface area contributed by atoms with Crippen LogP contribution in [0.5, 0.6) is 0 Å². The lowest BCUT2D eigenvalue weighted by molar-refractivity contribution is -0.138. The summed E-state index contributed by atoms with van der Waals surface area (Å²) in [5.74, 6) is -2.06. The Morgan fingerprint density at radius 2 is 1.78 bits per heavy atom. The molecule has 0 radical (unpaired) electrons. The standard InChI is InChI=1S/C29H36N2O5Si/c1-7-28-16-22(32)29(36-28,14-15-35-37(5,6)27(2,3)4)24-23(28)25(33)31(26(24)34)21-13-12-18(17-30)19-10-8-9-11-20(19)21/h8-13,22-24,32H,7,14-16H2,1-6H3/t22-,23+,24-,28+,29-/m0/s1. The van der Waals surface area contributed by atoms with Crippen molar-refractivity contribution in [3.8, 4) is 6.07 Å². The van der Waals surface area contributed by atoms with E-state index in [9.17, 15) is 20.0 Å². The molecule has 37 heavy (non-hydrogen) atoms. The highest BCUT2D eigenvalue weighted by Crippen LogP contribution is 2.63. The summed E-state index contributed by atoms with van der Waals surface area (Å²) in [5, 5.41) is 22.3. The summed E-state index contributed by atoms with van der Waals surface area (Å²) in [6.07, 6.45) is 0.346. The number of fused-ring (bicyclic) bond motifs is 6. The van der Waals surface area contributed by atoms with Gasteiger partial charge in [0.1, 0.15) is 5.60 Å². The van der Waals surface area contributed by atoms with E-state index in [-0.39, 0.29) is 16.9 Å². The van der Waals surface area contributed by atoms with Gasteiger partial charge in [0.25, 0.3) is 0 Å². The van der Waals surface area contributed by atoms with Gasteiger partial charge in [0, 0.05) is 30.2 Å². The summed E-state index contributed by atoms with van der Waals surface area (Å²) >= 11 is 0. The van der Waals surface area contributed by atoms with Gasteiger partial charge in [0.2, 0.25) is 11.8 Å². The Balaban J connectivity index is 1.54. The van der Waals surface area contributed by atoms with E-state index in [4.69, 9.17) is 9.16 Å². The molecule has 3 heterocycles. The predicted molar refractivity (Wildman–Crippen MR) is 143 cm³/mol. The van der Waals surface area contributed by atoms with E-state index < -0.39 is 37.5 Å². The summed E-state index contributed by atoms with van der Waals surface area (Å²) in [7, 11) is -2.05. The molecule has 3 fully saturated rings. The van der Waals surface area contributed by atoms with Crippen LogP contribution in [0.2, 0.25) is 18.1 Å². The zero-order chi connectivity index (χ0) is 27.0. The fourth-order valence-corrected chi connectivity index (χ4v) is 7.49. The van der Waals surface area contributed by atoms with Gasteiger partial charge < -0.3 is 14.3 Å². The molecule has 2 amide bonds. The number of ether oxygens (including phenoxy) is 1. The number of rotatable bonds is 6. The van der Waals surface area contributed by atoms with Crippen LogP contribution in [-0.4, -0.2) is 49.2 Å². The molecule has 3 aliphatic heterocycles. The van der Waals surface area contributed by atoms with Crippen molar-refractivity contribution in [3.05, 3.63) is 42.0 Å². The van der Waals surface area contributed by atoms with Crippen LogP contribution in [0.1, 0.15) is 52.5 Å². The van der Waals surface area contributed by atoms with Crippen molar-refractivity contribution in [1.82, 2.24) is 0 Å². The van der Waals surface area contributed by atoms with Gasteiger partial charge in [-0.1, -0.05) is 52.0 Å². The third-order valence-corrected chi connectivity index (χ3v) is 14.1. The number of anilines is 1. The molecule has 5 rings (SSSR count). The molecule has 2 aromatic carbocycles. The molecule has 196 valence electrons. The van der Waals surface area contributed by atoms with Crippen LogP contribution in [0.4, 0.5) is 5.69 Å². The van der Waals surface area contributed by atoms with E-state index in [1.54, 1.807) is 12.1 Å². The minimum atomic E-state index is -2.05. The number of carbonyl (C=O) groups is 2. The molecule has 8 heteroatoms. The van der Waals surface area contributed by atoms with Crippen molar-refractivity contribution in [2.75, 3.05) is 11.5 Å². The van der Waals surface area contributed by atoms with Gasteiger partial charge in [-0.3, -0.25) is 9.59 Å². The van der Waals surface area contributed by atoms with Gasteiger partial charge in [-0.05, 0) is 36.7 Å². The molecule has 0 aliphatic carbocycles. The Labute approximate surface area is 219 Å². The Bertz CT molecular complexity index is 1330. The minimum Gasteiger partial charge on any atom is -0.417 e. The molecule has 3 saturated heterocycles. The van der Waals surface area contributed by atoms with Gasteiger partial charge in [0.05, 0.1) is 40.9 Å². The second-order valence-corrected chi connectivity index (χ2v) is 17.1. The summed E-state index contributed by atoms with van der Waals surface area (Å²) in [4.78, 5) is 29.4. The van der Waals surface area contributed by atoms with E-state index in [1.165, 1.54) is 4.90 Å². The van der Waals surface area contributed by atoms with Crippen molar-refractivity contribution >= 4 is 36.6 Å². The maximum Gasteiger partial charge on any atom is 0.240 e. The lowest BCUT2D eigenvalue weighted by Crippen LogP contribution is -2.52. The van der Waals surface area contributed by atoms with Crippen molar-refractivity contribution in [1.29, 1.82) is 5.26 Å². The third-order valence-electron chi connectivity index (χ3n) is 9.52. The van der Waals surface area contributed by atoms with Crippen LogP contribution in [-0.2, 0) is 18.8 Å². The van der Waals surface area contributed by atoms with E-state index in [1.807, 2.05) is 31.2 Å². The van der Waals surface area contributed by atoms with Crippen molar-refractivity contribution in [2.45, 2.75) is 82.4 Å². The average molecular weight is 521 g/mol. The van der Waals surface area contributed by atoms with Crippen LogP contribution < -0.4 is 4.90 Å². The van der Waals surface area contributed by atoms with Gasteiger partial charge in [-0.25, -0.2) is 4.90 Å². The lowest BCUT2D eigenvalue weighted by Gasteiger charge is -2.39. The number of hydrogen-bond acceptors (Lipinski definition) is 6. The van der Waals surface area contributed by atoms with Crippen molar-refractivity contribution in [2.24, 2.45) is 11.8 Å². The quantitative estimate of drug-likeness (QED) is 0.429. The lowest BCUT2D eigenvalue weighted by atomic mass is 9.64. The minimum absolute atomic E-state index is 0.0256. The molecule has 5 atom stereocenters. The fourth-order valence-electron chi connectivity index (χ4n) is 6.45. The first-order chi connectivity index (χ1) is 17.3. The van der Waals surface area contributed by atoms with E-state index in [0.717, 1.165) is 0 Å². The molecule has 0 spiro atoms. The first-order valence-corrected chi connectivity index (χ1v) is 16.1. The van der Waals surface area contributed by atoms with Crippen LogP contribution in [0.15, 0.2) is 36.4 Å². The van der Waals surface area contributed by atoms with E-state index in [2.05, 4.69) is 39.9 Å². The normalized spacial score (nSPS) is 31.3. The summed E-state index contributed by atoms with van der Waals surface area (Å²) < 4.78 is 13.0. The van der Waals surface area contributed by atoms with Gasteiger partial charge >= 0.3 is 0 Å². The van der Waals surface area contributed by atoms with Crippen LogP contribution in [0, 0.1) is 23.2 Å². The van der Waals surface area contributed by atoms with Gasteiger partial charge in [-0.15, -0.1) is 0 Å².